The predicted octanol–water partition coefficient (Wildman–Crippen LogP) is 5.68. The molecule has 3 unspecified atom stereocenters. The maximum absolute atomic E-state index is 6.36. The topological polar surface area (TPSA) is 27.7 Å². The molecule has 3 aliphatic carbocycles. The van der Waals surface area contributed by atoms with E-state index >= 15 is 0 Å². The molecular formula is C24H33ClO3. The lowest BCUT2D eigenvalue weighted by Crippen LogP contribution is -2.55. The number of hydrogen-bond donors (Lipinski definition) is 0. The van der Waals surface area contributed by atoms with Crippen LogP contribution in [0, 0.1) is 17.3 Å². The van der Waals surface area contributed by atoms with Gasteiger partial charge in [-0.2, -0.15) is 0 Å². The standard InChI is InChI=1S/C24H33ClO3/c1-23-10-8-20-19-7-5-18(26-13-2-12-25)16-17(19)4-6-21(20)22(23)9-11-24(23)27-14-3-15-28-24/h5,7,16,20-22H,2-4,6,8-15H2,1H3/t20?,21?,22?,23-/m0/s1. The van der Waals surface area contributed by atoms with Crippen LogP contribution in [0.5, 0.6) is 5.75 Å². The van der Waals surface area contributed by atoms with Crippen molar-refractivity contribution in [1.29, 1.82) is 0 Å². The van der Waals surface area contributed by atoms with E-state index in [1.807, 2.05) is 0 Å². The summed E-state index contributed by atoms with van der Waals surface area (Å²) in [6.07, 6.45) is 9.21. The number of aryl methyl sites for hydroxylation is 1. The van der Waals surface area contributed by atoms with Gasteiger partial charge in [0.25, 0.3) is 0 Å². The quantitative estimate of drug-likeness (QED) is 0.477. The van der Waals surface area contributed by atoms with Gasteiger partial charge in [-0.3, -0.25) is 0 Å². The minimum absolute atomic E-state index is 0.177. The highest BCUT2D eigenvalue weighted by Crippen LogP contribution is 2.66. The van der Waals surface area contributed by atoms with Crippen LogP contribution in [0.4, 0.5) is 0 Å². The number of ether oxygens (including phenoxy) is 3. The van der Waals surface area contributed by atoms with Crippen molar-refractivity contribution < 1.29 is 14.2 Å². The smallest absolute Gasteiger partial charge is 0.173 e. The second-order valence-corrected chi connectivity index (χ2v) is 9.84. The maximum atomic E-state index is 6.36. The Kier molecular flexibility index (Phi) is 5.13. The summed E-state index contributed by atoms with van der Waals surface area (Å²) in [7, 11) is 0. The van der Waals surface area contributed by atoms with E-state index in [0.717, 1.165) is 50.1 Å². The van der Waals surface area contributed by atoms with Crippen molar-refractivity contribution >= 4 is 11.6 Å². The normalized spacial score (nSPS) is 35.9. The number of rotatable bonds is 4. The van der Waals surface area contributed by atoms with Crippen molar-refractivity contribution in [1.82, 2.24) is 0 Å². The maximum Gasteiger partial charge on any atom is 0.173 e. The fourth-order valence-corrected chi connectivity index (χ4v) is 7.01. The number of alkyl halides is 1. The average molecular weight is 405 g/mol. The Labute approximate surface area is 174 Å². The lowest BCUT2D eigenvalue weighted by Gasteiger charge is -2.55. The summed E-state index contributed by atoms with van der Waals surface area (Å²) >= 11 is 5.77. The van der Waals surface area contributed by atoms with Crippen molar-refractivity contribution in [3.8, 4) is 5.75 Å². The van der Waals surface area contributed by atoms with E-state index in [0.29, 0.717) is 18.4 Å². The second-order valence-electron chi connectivity index (χ2n) is 9.47. The molecule has 0 radical (unpaired) electrons. The third kappa shape index (κ3) is 2.92. The van der Waals surface area contributed by atoms with Crippen LogP contribution >= 0.6 is 11.6 Å². The van der Waals surface area contributed by atoms with Gasteiger partial charge in [0.05, 0.1) is 19.8 Å². The molecule has 1 aromatic rings. The second kappa shape index (κ2) is 7.49. The highest BCUT2D eigenvalue weighted by molar-refractivity contribution is 6.17. The monoisotopic (exact) mass is 404 g/mol. The molecule has 4 heteroatoms. The molecule has 3 nitrogen and oxygen atoms in total. The summed E-state index contributed by atoms with van der Waals surface area (Å²) in [5.74, 6) is 3.54. The van der Waals surface area contributed by atoms with Gasteiger partial charge in [-0.25, -0.2) is 0 Å². The van der Waals surface area contributed by atoms with Gasteiger partial charge in [-0.1, -0.05) is 13.0 Å². The van der Waals surface area contributed by atoms with Crippen molar-refractivity contribution in [3.63, 3.8) is 0 Å². The van der Waals surface area contributed by atoms with Crippen LogP contribution in [0.15, 0.2) is 18.2 Å². The van der Waals surface area contributed by atoms with Gasteiger partial charge in [-0.15, -0.1) is 11.6 Å². The van der Waals surface area contributed by atoms with Gasteiger partial charge >= 0.3 is 0 Å². The van der Waals surface area contributed by atoms with Gasteiger partial charge in [-0.05, 0) is 86.0 Å². The van der Waals surface area contributed by atoms with E-state index in [4.69, 9.17) is 25.8 Å². The van der Waals surface area contributed by atoms with Crippen molar-refractivity contribution in [2.45, 2.75) is 70.0 Å². The summed E-state index contributed by atoms with van der Waals surface area (Å²) in [6, 6.07) is 6.81. The summed E-state index contributed by atoms with van der Waals surface area (Å²) in [6.45, 7) is 4.91. The van der Waals surface area contributed by atoms with Gasteiger partial charge in [0.2, 0.25) is 0 Å². The first kappa shape index (κ1) is 19.2. The highest BCUT2D eigenvalue weighted by Gasteiger charge is 2.64. The average Bonchev–Trinajstić information content (AvgIpc) is 3.00. The Morgan fingerprint density at radius 1 is 1.14 bits per heavy atom. The third-order valence-electron chi connectivity index (χ3n) is 8.25. The van der Waals surface area contributed by atoms with Crippen molar-refractivity contribution in [2.75, 3.05) is 25.7 Å². The molecular weight excluding hydrogens is 372 g/mol. The van der Waals surface area contributed by atoms with Crippen LogP contribution in [0.25, 0.3) is 0 Å². The molecule has 5 rings (SSSR count). The number of hydrogen-bond acceptors (Lipinski definition) is 3. The molecule has 1 spiro atoms. The van der Waals surface area contributed by atoms with E-state index < -0.39 is 0 Å². The van der Waals surface area contributed by atoms with Crippen molar-refractivity contribution in [2.24, 2.45) is 17.3 Å². The molecule has 4 atom stereocenters. The molecule has 0 bridgehead atoms. The largest absolute Gasteiger partial charge is 0.494 e. The minimum Gasteiger partial charge on any atom is -0.494 e. The molecule has 1 heterocycles. The van der Waals surface area contributed by atoms with Gasteiger partial charge in [0.15, 0.2) is 5.79 Å². The Bertz CT molecular complexity index is 714. The molecule has 1 saturated heterocycles. The van der Waals surface area contributed by atoms with E-state index in [1.54, 1.807) is 5.56 Å². The highest BCUT2D eigenvalue weighted by atomic mass is 35.5. The zero-order valence-electron chi connectivity index (χ0n) is 17.1. The molecule has 154 valence electrons. The lowest BCUT2D eigenvalue weighted by molar-refractivity contribution is -0.320. The van der Waals surface area contributed by atoms with Crippen LogP contribution in [0.1, 0.15) is 68.9 Å². The van der Waals surface area contributed by atoms with E-state index in [-0.39, 0.29) is 11.2 Å². The first-order chi connectivity index (χ1) is 13.7. The first-order valence-electron chi connectivity index (χ1n) is 11.3. The molecule has 1 aliphatic heterocycles. The SMILES string of the molecule is C[C@]12CCC3c4ccc(OCCCCl)cc4CCC3C1CCC21OCCCO1. The van der Waals surface area contributed by atoms with E-state index in [9.17, 15) is 0 Å². The fourth-order valence-electron chi connectivity index (χ4n) is 6.90. The Morgan fingerprint density at radius 3 is 2.82 bits per heavy atom. The Balaban J connectivity index is 1.37. The lowest BCUT2D eigenvalue weighted by atomic mass is 9.54. The molecule has 0 amide bonds. The predicted molar refractivity (Wildman–Crippen MR) is 111 cm³/mol. The Morgan fingerprint density at radius 2 is 2.00 bits per heavy atom. The van der Waals surface area contributed by atoms with Gasteiger partial charge in [0, 0.05) is 17.7 Å². The summed E-state index contributed by atoms with van der Waals surface area (Å²) in [4.78, 5) is 0. The van der Waals surface area contributed by atoms with Crippen LogP contribution < -0.4 is 4.74 Å². The van der Waals surface area contributed by atoms with Crippen LogP contribution in [0.2, 0.25) is 0 Å². The van der Waals surface area contributed by atoms with E-state index in [2.05, 4.69) is 25.1 Å². The molecule has 0 aromatic heterocycles. The zero-order valence-corrected chi connectivity index (χ0v) is 17.8. The number of benzene rings is 1. The summed E-state index contributed by atoms with van der Waals surface area (Å²) in [5.41, 5.74) is 3.26. The first-order valence-corrected chi connectivity index (χ1v) is 11.8. The van der Waals surface area contributed by atoms with Crippen LogP contribution in [-0.2, 0) is 15.9 Å². The van der Waals surface area contributed by atoms with Gasteiger partial charge < -0.3 is 14.2 Å². The minimum atomic E-state index is -0.304. The zero-order chi connectivity index (χ0) is 19.2. The van der Waals surface area contributed by atoms with Crippen LogP contribution in [0.3, 0.4) is 0 Å². The Hall–Kier alpha value is -0.770. The molecule has 4 aliphatic rings. The summed E-state index contributed by atoms with van der Waals surface area (Å²) < 4.78 is 18.6. The van der Waals surface area contributed by atoms with Crippen LogP contribution in [-0.4, -0.2) is 31.5 Å². The molecule has 0 N–H and O–H groups in total. The van der Waals surface area contributed by atoms with Crippen molar-refractivity contribution in [3.05, 3.63) is 29.3 Å². The fraction of sp³-hybridized carbons (Fsp3) is 0.750. The third-order valence-corrected chi connectivity index (χ3v) is 8.52. The number of halogens is 1. The molecule has 3 fully saturated rings. The molecule has 1 aromatic carbocycles. The molecule has 28 heavy (non-hydrogen) atoms. The summed E-state index contributed by atoms with van der Waals surface area (Å²) in [5, 5.41) is 0. The molecule has 2 saturated carbocycles. The number of fused-ring (bicyclic) bond motifs is 6. The van der Waals surface area contributed by atoms with Gasteiger partial charge in [0.1, 0.15) is 5.75 Å². The van der Waals surface area contributed by atoms with E-state index in [1.165, 1.54) is 37.7 Å².